The van der Waals surface area contributed by atoms with Crippen molar-refractivity contribution in [3.05, 3.63) is 75.5 Å². The van der Waals surface area contributed by atoms with Gasteiger partial charge in [0.2, 0.25) is 5.95 Å². The number of nitrogens with one attached hydrogen (secondary N) is 3. The van der Waals surface area contributed by atoms with Crippen molar-refractivity contribution in [1.82, 2.24) is 15.3 Å². The maximum absolute atomic E-state index is 12.6. The normalized spacial score (nSPS) is 12.2. The Labute approximate surface area is 202 Å². The highest BCUT2D eigenvalue weighted by Crippen LogP contribution is 2.26. The molecule has 0 bridgehead atoms. The smallest absolute Gasteiger partial charge is 0.264 e. The van der Waals surface area contributed by atoms with Gasteiger partial charge in [0.05, 0.1) is 10.9 Å². The minimum absolute atomic E-state index is 0.0323. The highest BCUT2D eigenvalue weighted by atomic mass is 35.5. The number of rotatable bonds is 6. The Kier molecular flexibility index (Phi) is 7.55. The van der Waals surface area contributed by atoms with Crippen LogP contribution in [0.4, 0.5) is 11.6 Å². The molecule has 0 fully saturated rings. The van der Waals surface area contributed by atoms with E-state index in [1.54, 1.807) is 44.2 Å². The van der Waals surface area contributed by atoms with Crippen LogP contribution in [0.25, 0.3) is 0 Å². The lowest BCUT2D eigenvalue weighted by molar-refractivity contribution is 0.601. The summed E-state index contributed by atoms with van der Waals surface area (Å²) in [7, 11) is -3.83. The number of hydrogen-bond acceptors (Lipinski definition) is 5. The van der Waals surface area contributed by atoms with Crippen molar-refractivity contribution in [2.75, 3.05) is 10.0 Å². The molecule has 0 radical (unpaired) electrons. The Hall–Kier alpha value is -2.46. The topological polar surface area (TPSA) is 96.0 Å². The Morgan fingerprint density at radius 3 is 2.22 bits per heavy atom. The van der Waals surface area contributed by atoms with E-state index in [2.05, 4.69) is 25.3 Å². The van der Waals surface area contributed by atoms with Crippen LogP contribution < -0.4 is 15.4 Å². The van der Waals surface area contributed by atoms with Gasteiger partial charge in [-0.1, -0.05) is 29.3 Å². The Morgan fingerprint density at radius 2 is 1.62 bits per heavy atom. The Balaban J connectivity index is 1.65. The highest BCUT2D eigenvalue weighted by Gasteiger charge is 2.17. The van der Waals surface area contributed by atoms with Crippen LogP contribution in [0.3, 0.4) is 0 Å². The molecule has 168 valence electrons. The van der Waals surface area contributed by atoms with E-state index in [0.717, 1.165) is 5.56 Å². The van der Waals surface area contributed by atoms with Crippen molar-refractivity contribution in [3.8, 4) is 0 Å². The van der Waals surface area contributed by atoms with E-state index in [1.165, 1.54) is 12.1 Å². The first-order valence-corrected chi connectivity index (χ1v) is 12.2. The van der Waals surface area contributed by atoms with Crippen LogP contribution in [0, 0.1) is 13.8 Å². The third-order valence-corrected chi connectivity index (χ3v) is 6.53. The predicted octanol–water partition coefficient (Wildman–Crippen LogP) is 5.25. The van der Waals surface area contributed by atoms with Gasteiger partial charge in [0.1, 0.15) is 0 Å². The molecule has 0 aliphatic rings. The van der Waals surface area contributed by atoms with Crippen LogP contribution in [0.1, 0.15) is 29.9 Å². The summed E-state index contributed by atoms with van der Waals surface area (Å²) < 4.78 is 27.7. The molecule has 3 N–H and O–H groups in total. The van der Waals surface area contributed by atoms with Gasteiger partial charge in [-0.3, -0.25) is 0 Å². The zero-order chi connectivity index (χ0) is 23.5. The van der Waals surface area contributed by atoms with E-state index in [4.69, 9.17) is 35.4 Å². The molecule has 0 amide bonds. The average molecular weight is 510 g/mol. The van der Waals surface area contributed by atoms with E-state index in [1.807, 2.05) is 13.0 Å². The summed E-state index contributed by atoms with van der Waals surface area (Å²) in [4.78, 5) is 8.29. The molecule has 32 heavy (non-hydrogen) atoms. The lowest BCUT2D eigenvalue weighted by Gasteiger charge is -2.18. The summed E-state index contributed by atoms with van der Waals surface area (Å²) in [5, 5.41) is 7.62. The van der Waals surface area contributed by atoms with E-state index < -0.39 is 10.0 Å². The van der Waals surface area contributed by atoms with E-state index in [0.29, 0.717) is 32.2 Å². The van der Waals surface area contributed by atoms with Crippen LogP contribution in [0.2, 0.25) is 10.0 Å². The molecule has 0 aliphatic carbocycles. The van der Waals surface area contributed by atoms with Gasteiger partial charge in [-0.25, -0.2) is 23.1 Å². The fraction of sp³-hybridized carbons (Fsp3) is 0.190. The highest BCUT2D eigenvalue weighted by molar-refractivity contribution is 7.92. The minimum Gasteiger partial charge on any atom is -0.356 e. The number of aromatic nitrogens is 2. The second kappa shape index (κ2) is 9.99. The molecule has 2 aromatic carbocycles. The molecule has 7 nitrogen and oxygen atoms in total. The quantitative estimate of drug-likeness (QED) is 0.390. The summed E-state index contributed by atoms with van der Waals surface area (Å²) in [5.41, 5.74) is 2.81. The molecule has 11 heteroatoms. The molecule has 0 aliphatic heterocycles. The second-order valence-electron chi connectivity index (χ2n) is 7.09. The average Bonchev–Trinajstić information content (AvgIpc) is 2.67. The lowest BCUT2D eigenvalue weighted by Crippen LogP contribution is -2.31. The van der Waals surface area contributed by atoms with Crippen LogP contribution in [-0.4, -0.2) is 23.5 Å². The number of anilines is 2. The molecule has 1 heterocycles. The summed E-state index contributed by atoms with van der Waals surface area (Å²) in [6.07, 6.45) is 0. The number of thiocarbonyl (C=S) groups is 1. The van der Waals surface area contributed by atoms with Gasteiger partial charge in [-0.2, -0.15) is 0 Å². The molecule has 1 unspecified atom stereocenters. The van der Waals surface area contributed by atoms with Crippen molar-refractivity contribution in [2.45, 2.75) is 31.7 Å². The van der Waals surface area contributed by atoms with Gasteiger partial charge in [0, 0.05) is 27.1 Å². The maximum Gasteiger partial charge on any atom is 0.264 e. The Morgan fingerprint density at radius 1 is 1.00 bits per heavy atom. The molecule has 1 aromatic heterocycles. The first kappa shape index (κ1) is 24.2. The largest absolute Gasteiger partial charge is 0.356 e. The molecule has 0 spiro atoms. The van der Waals surface area contributed by atoms with Gasteiger partial charge in [0.15, 0.2) is 5.11 Å². The number of nitrogens with zero attached hydrogens (tertiary/aromatic N) is 2. The van der Waals surface area contributed by atoms with Crippen molar-refractivity contribution < 1.29 is 8.42 Å². The first-order valence-electron chi connectivity index (χ1n) is 9.51. The third kappa shape index (κ3) is 6.29. The number of aryl methyl sites for hydroxylation is 2. The zero-order valence-corrected chi connectivity index (χ0v) is 20.6. The van der Waals surface area contributed by atoms with E-state index in [-0.39, 0.29) is 16.9 Å². The van der Waals surface area contributed by atoms with Crippen LogP contribution in [0.15, 0.2) is 53.4 Å². The molecule has 3 rings (SSSR count). The van der Waals surface area contributed by atoms with Gasteiger partial charge < -0.3 is 10.6 Å². The Bertz CT molecular complexity index is 1230. The maximum atomic E-state index is 12.6. The van der Waals surface area contributed by atoms with Crippen molar-refractivity contribution in [3.63, 3.8) is 0 Å². The van der Waals surface area contributed by atoms with E-state index in [9.17, 15) is 8.42 Å². The number of benzene rings is 2. The molecule has 1 atom stereocenters. The summed E-state index contributed by atoms with van der Waals surface area (Å²) >= 11 is 17.5. The number of sulfonamides is 1. The first-order chi connectivity index (χ1) is 15.0. The molecule has 0 saturated heterocycles. The predicted molar refractivity (Wildman–Crippen MR) is 133 cm³/mol. The van der Waals surface area contributed by atoms with Crippen molar-refractivity contribution >= 4 is 62.2 Å². The SMILES string of the molecule is Cc1cc(C)nc(NS(=O)(=O)c2ccc(NC(=S)NC(C)c3ccc(Cl)cc3Cl)cc2)n1. The molecule has 3 aromatic rings. The molecular weight excluding hydrogens is 489 g/mol. The van der Waals surface area contributed by atoms with Gasteiger partial charge >= 0.3 is 0 Å². The summed E-state index contributed by atoms with van der Waals surface area (Å²) in [5.74, 6) is 0.0323. The monoisotopic (exact) mass is 509 g/mol. The lowest BCUT2D eigenvalue weighted by atomic mass is 10.1. The van der Waals surface area contributed by atoms with E-state index >= 15 is 0 Å². The van der Waals surface area contributed by atoms with Crippen molar-refractivity contribution in [1.29, 1.82) is 0 Å². The number of halogens is 2. The van der Waals surface area contributed by atoms with Crippen LogP contribution in [0.5, 0.6) is 0 Å². The number of hydrogen-bond donors (Lipinski definition) is 3. The second-order valence-corrected chi connectivity index (χ2v) is 10.0. The van der Waals surface area contributed by atoms with Crippen LogP contribution >= 0.6 is 35.4 Å². The molecular formula is C21H21Cl2N5O2S2. The summed E-state index contributed by atoms with van der Waals surface area (Å²) in [6, 6.07) is 13.0. The fourth-order valence-corrected chi connectivity index (χ4v) is 4.77. The fourth-order valence-electron chi connectivity index (χ4n) is 2.96. The van der Waals surface area contributed by atoms with Gasteiger partial charge in [0.25, 0.3) is 10.0 Å². The zero-order valence-electron chi connectivity index (χ0n) is 17.5. The van der Waals surface area contributed by atoms with Crippen LogP contribution in [-0.2, 0) is 10.0 Å². The minimum atomic E-state index is -3.83. The molecule has 0 saturated carbocycles. The standard InChI is InChI=1S/C21H21Cl2N5O2S2/c1-12-10-13(2)25-20(24-12)28-32(29,30)17-7-5-16(6-8-17)27-21(31)26-14(3)18-9-4-15(22)11-19(18)23/h4-11,14H,1-3H3,(H,24,25,28)(H2,26,27,31). The third-order valence-electron chi connectivity index (χ3n) is 4.41. The van der Waals surface area contributed by atoms with Crippen molar-refractivity contribution in [2.24, 2.45) is 0 Å². The summed E-state index contributed by atoms with van der Waals surface area (Å²) in [6.45, 7) is 5.46. The van der Waals surface area contributed by atoms with Gasteiger partial charge in [-0.15, -0.1) is 0 Å². The van der Waals surface area contributed by atoms with Gasteiger partial charge in [-0.05, 0) is 81.0 Å².